The number of carbonyl (C=O) groups is 1. The first-order valence-corrected chi connectivity index (χ1v) is 8.90. The summed E-state index contributed by atoms with van der Waals surface area (Å²) in [5, 5.41) is 6.49. The number of nitrogens with one attached hydrogen (secondary N) is 2. The number of rotatable bonds is 6. The Morgan fingerprint density at radius 2 is 1.75 bits per heavy atom. The first-order valence-electron chi connectivity index (χ1n) is 8.53. The SMILES string of the molecule is COc1ccc(Nc2cc(C(=O)Nc3cc(C)ccc3OC)ccn2)cc1Cl. The summed E-state index contributed by atoms with van der Waals surface area (Å²) in [4.78, 5) is 16.9. The Labute approximate surface area is 168 Å². The van der Waals surface area contributed by atoms with Crippen molar-refractivity contribution in [3.05, 3.63) is 70.9 Å². The average molecular weight is 398 g/mol. The molecule has 28 heavy (non-hydrogen) atoms. The van der Waals surface area contributed by atoms with Crippen LogP contribution in [0.3, 0.4) is 0 Å². The summed E-state index contributed by atoms with van der Waals surface area (Å²) in [6, 6.07) is 14.2. The maximum absolute atomic E-state index is 12.7. The highest BCUT2D eigenvalue weighted by atomic mass is 35.5. The maximum Gasteiger partial charge on any atom is 0.255 e. The molecule has 2 aromatic carbocycles. The van der Waals surface area contributed by atoms with Crippen molar-refractivity contribution in [3.8, 4) is 11.5 Å². The van der Waals surface area contributed by atoms with Crippen LogP contribution in [-0.4, -0.2) is 25.1 Å². The summed E-state index contributed by atoms with van der Waals surface area (Å²) < 4.78 is 10.5. The minimum Gasteiger partial charge on any atom is -0.495 e. The third kappa shape index (κ3) is 4.53. The highest BCUT2D eigenvalue weighted by molar-refractivity contribution is 6.32. The van der Waals surface area contributed by atoms with Crippen molar-refractivity contribution in [3.63, 3.8) is 0 Å². The number of aromatic nitrogens is 1. The summed E-state index contributed by atoms with van der Waals surface area (Å²) in [6.07, 6.45) is 1.57. The predicted molar refractivity (Wildman–Crippen MR) is 111 cm³/mol. The molecule has 2 N–H and O–H groups in total. The summed E-state index contributed by atoms with van der Waals surface area (Å²) in [5.74, 6) is 1.44. The lowest BCUT2D eigenvalue weighted by Crippen LogP contribution is -2.13. The van der Waals surface area contributed by atoms with Gasteiger partial charge in [0.05, 0.1) is 24.9 Å². The quantitative estimate of drug-likeness (QED) is 0.608. The first-order chi connectivity index (χ1) is 13.5. The molecule has 0 aliphatic rings. The van der Waals surface area contributed by atoms with Crippen LogP contribution >= 0.6 is 11.6 Å². The molecule has 3 aromatic rings. The predicted octanol–water partition coefficient (Wildman–Crippen LogP) is 5.06. The zero-order chi connectivity index (χ0) is 20.1. The van der Waals surface area contributed by atoms with E-state index in [9.17, 15) is 4.79 Å². The van der Waals surface area contributed by atoms with Crippen molar-refractivity contribution in [1.29, 1.82) is 0 Å². The van der Waals surface area contributed by atoms with Crippen LogP contribution in [0.1, 0.15) is 15.9 Å². The number of hydrogen-bond donors (Lipinski definition) is 2. The number of ether oxygens (including phenoxy) is 2. The van der Waals surface area contributed by atoms with E-state index in [1.54, 1.807) is 44.7 Å². The lowest BCUT2D eigenvalue weighted by molar-refractivity contribution is 0.102. The van der Waals surface area contributed by atoms with E-state index in [2.05, 4.69) is 15.6 Å². The van der Waals surface area contributed by atoms with Gasteiger partial charge in [-0.1, -0.05) is 17.7 Å². The number of nitrogens with zero attached hydrogens (tertiary/aromatic N) is 1. The molecule has 1 heterocycles. The van der Waals surface area contributed by atoms with Crippen molar-refractivity contribution in [1.82, 2.24) is 4.98 Å². The molecule has 0 aliphatic carbocycles. The second-order valence-corrected chi connectivity index (χ2v) is 6.47. The number of amides is 1. The van der Waals surface area contributed by atoms with Gasteiger partial charge in [-0.3, -0.25) is 4.79 Å². The van der Waals surface area contributed by atoms with Crippen LogP contribution in [0, 0.1) is 6.92 Å². The van der Waals surface area contributed by atoms with Gasteiger partial charge in [0.25, 0.3) is 5.91 Å². The highest BCUT2D eigenvalue weighted by Gasteiger charge is 2.11. The third-order valence-electron chi connectivity index (χ3n) is 4.05. The zero-order valence-electron chi connectivity index (χ0n) is 15.7. The molecular formula is C21H20ClN3O3. The van der Waals surface area contributed by atoms with E-state index in [0.717, 1.165) is 11.3 Å². The van der Waals surface area contributed by atoms with Crippen LogP contribution in [0.25, 0.3) is 0 Å². The van der Waals surface area contributed by atoms with Crippen LogP contribution in [-0.2, 0) is 0 Å². The number of aryl methyl sites for hydroxylation is 1. The van der Waals surface area contributed by atoms with E-state index < -0.39 is 0 Å². The molecule has 0 fully saturated rings. The molecule has 3 rings (SSSR count). The number of pyridine rings is 1. The van der Waals surface area contributed by atoms with Crippen LogP contribution < -0.4 is 20.1 Å². The fourth-order valence-corrected chi connectivity index (χ4v) is 2.90. The molecular weight excluding hydrogens is 378 g/mol. The van der Waals surface area contributed by atoms with Crippen molar-refractivity contribution >= 4 is 34.7 Å². The molecule has 0 spiro atoms. The molecule has 6 nitrogen and oxygen atoms in total. The van der Waals surface area contributed by atoms with Crippen molar-refractivity contribution < 1.29 is 14.3 Å². The van der Waals surface area contributed by atoms with Crippen LogP contribution in [0.4, 0.5) is 17.2 Å². The number of methoxy groups -OCH3 is 2. The number of anilines is 3. The first kappa shape index (κ1) is 19.5. The number of halogens is 1. The van der Waals surface area contributed by atoms with E-state index in [4.69, 9.17) is 21.1 Å². The zero-order valence-corrected chi connectivity index (χ0v) is 16.5. The monoisotopic (exact) mass is 397 g/mol. The lowest BCUT2D eigenvalue weighted by atomic mass is 10.2. The molecule has 0 unspecified atom stereocenters. The van der Waals surface area contributed by atoms with Gasteiger partial charge in [-0.25, -0.2) is 4.98 Å². The second kappa shape index (κ2) is 8.63. The normalized spacial score (nSPS) is 10.3. The van der Waals surface area contributed by atoms with E-state index in [-0.39, 0.29) is 5.91 Å². The number of carbonyl (C=O) groups excluding carboxylic acids is 1. The molecule has 1 aromatic heterocycles. The van der Waals surface area contributed by atoms with Gasteiger partial charge in [-0.05, 0) is 55.0 Å². The highest BCUT2D eigenvalue weighted by Crippen LogP contribution is 2.29. The van der Waals surface area contributed by atoms with Gasteiger partial charge in [-0.2, -0.15) is 0 Å². The average Bonchev–Trinajstić information content (AvgIpc) is 2.68. The van der Waals surface area contributed by atoms with Crippen LogP contribution in [0.15, 0.2) is 54.7 Å². The number of hydrogen-bond acceptors (Lipinski definition) is 5. The molecule has 0 atom stereocenters. The fraction of sp³-hybridized carbons (Fsp3) is 0.143. The lowest BCUT2D eigenvalue weighted by Gasteiger charge is -2.12. The minimum atomic E-state index is -0.262. The van der Waals surface area contributed by atoms with E-state index in [1.807, 2.05) is 31.2 Å². The van der Waals surface area contributed by atoms with Gasteiger partial charge in [0.2, 0.25) is 0 Å². The van der Waals surface area contributed by atoms with Gasteiger partial charge in [-0.15, -0.1) is 0 Å². The van der Waals surface area contributed by atoms with Gasteiger partial charge < -0.3 is 20.1 Å². The van der Waals surface area contributed by atoms with Gasteiger partial charge in [0.15, 0.2) is 0 Å². The van der Waals surface area contributed by atoms with Crippen LogP contribution in [0.2, 0.25) is 5.02 Å². The molecule has 7 heteroatoms. The standard InChI is InChI=1S/C21H20ClN3O3/c1-13-4-6-19(28-3)17(10-13)25-21(26)14-8-9-23-20(11-14)24-15-5-7-18(27-2)16(22)12-15/h4-12H,1-3H3,(H,23,24)(H,25,26). The molecule has 1 amide bonds. The van der Waals surface area contributed by atoms with Gasteiger partial charge >= 0.3 is 0 Å². The topological polar surface area (TPSA) is 72.5 Å². The Balaban J connectivity index is 1.78. The summed E-state index contributed by atoms with van der Waals surface area (Å²) >= 11 is 6.15. The molecule has 0 bridgehead atoms. The van der Waals surface area contributed by atoms with Crippen LogP contribution in [0.5, 0.6) is 11.5 Å². The summed E-state index contributed by atoms with van der Waals surface area (Å²) in [6.45, 7) is 1.95. The van der Waals surface area contributed by atoms with Gasteiger partial charge in [0.1, 0.15) is 17.3 Å². The Morgan fingerprint density at radius 3 is 2.46 bits per heavy atom. The molecule has 0 aliphatic heterocycles. The van der Waals surface area contributed by atoms with Gasteiger partial charge in [0, 0.05) is 17.4 Å². The maximum atomic E-state index is 12.7. The molecule has 144 valence electrons. The Hall–Kier alpha value is -3.25. The van der Waals surface area contributed by atoms with Crippen molar-refractivity contribution in [2.45, 2.75) is 6.92 Å². The van der Waals surface area contributed by atoms with Crippen molar-refractivity contribution in [2.24, 2.45) is 0 Å². The Bertz CT molecular complexity index is 1010. The largest absolute Gasteiger partial charge is 0.495 e. The second-order valence-electron chi connectivity index (χ2n) is 6.06. The van der Waals surface area contributed by atoms with E-state index in [0.29, 0.717) is 33.6 Å². The summed E-state index contributed by atoms with van der Waals surface area (Å²) in [7, 11) is 3.12. The van der Waals surface area contributed by atoms with E-state index in [1.165, 1.54) is 0 Å². The minimum absolute atomic E-state index is 0.262. The smallest absolute Gasteiger partial charge is 0.255 e. The summed E-state index contributed by atoms with van der Waals surface area (Å²) in [5.41, 5.74) is 2.82. The third-order valence-corrected chi connectivity index (χ3v) is 4.34. The van der Waals surface area contributed by atoms with Crippen molar-refractivity contribution in [2.75, 3.05) is 24.9 Å². The Morgan fingerprint density at radius 1 is 1.00 bits per heavy atom. The molecule has 0 radical (unpaired) electrons. The van der Waals surface area contributed by atoms with E-state index >= 15 is 0 Å². The fourth-order valence-electron chi connectivity index (χ4n) is 2.65. The molecule has 0 saturated carbocycles. The number of benzene rings is 2. The Kier molecular flexibility index (Phi) is 6.01. The molecule has 0 saturated heterocycles.